The van der Waals surface area contributed by atoms with Crippen LogP contribution in [0.25, 0.3) is 0 Å². The molecule has 0 aromatic carbocycles. The van der Waals surface area contributed by atoms with Crippen molar-refractivity contribution in [2.24, 2.45) is 29.5 Å². The number of rotatable bonds is 6. The molecule has 3 unspecified atom stereocenters. The molecule has 2 saturated carbocycles. The maximum Gasteiger partial charge on any atom is 0.391 e. The SMILES string of the molecule is CN(CCC1CC(C(F)(F)F)CC(C(F)(F)F)C1)C(=O)C(C1CCCCC1)N1CCN(N)CC1. The number of amides is 1. The van der Waals surface area contributed by atoms with Crippen LogP contribution in [0.2, 0.25) is 0 Å². The number of carbonyl (C=O) groups excluding carboxylic acids is 1. The van der Waals surface area contributed by atoms with Gasteiger partial charge in [-0.1, -0.05) is 19.3 Å². The second-order valence-corrected chi connectivity index (χ2v) is 10.5. The number of piperazine rings is 1. The molecule has 198 valence electrons. The fourth-order valence-electron chi connectivity index (χ4n) is 6.04. The summed E-state index contributed by atoms with van der Waals surface area (Å²) >= 11 is 0. The van der Waals surface area contributed by atoms with Gasteiger partial charge in [-0.3, -0.25) is 15.5 Å². The zero-order valence-corrected chi connectivity index (χ0v) is 19.9. The van der Waals surface area contributed by atoms with E-state index in [-0.39, 0.29) is 43.7 Å². The van der Waals surface area contributed by atoms with Crippen molar-refractivity contribution in [3.8, 4) is 0 Å². The van der Waals surface area contributed by atoms with Crippen molar-refractivity contribution in [3.05, 3.63) is 0 Å². The van der Waals surface area contributed by atoms with Gasteiger partial charge in [0.15, 0.2) is 0 Å². The molecule has 3 fully saturated rings. The number of nitrogens with two attached hydrogens (primary N) is 1. The van der Waals surface area contributed by atoms with E-state index in [0.29, 0.717) is 26.2 Å². The molecule has 11 heteroatoms. The average molecular weight is 501 g/mol. The lowest BCUT2D eigenvalue weighted by Crippen LogP contribution is -2.59. The van der Waals surface area contributed by atoms with Crippen molar-refractivity contribution in [3.63, 3.8) is 0 Å². The topological polar surface area (TPSA) is 52.8 Å². The molecule has 0 aromatic heterocycles. The molecular formula is C23H38F6N4O. The minimum absolute atomic E-state index is 0.0760. The van der Waals surface area contributed by atoms with Crippen LogP contribution >= 0.6 is 0 Å². The first-order valence-corrected chi connectivity index (χ1v) is 12.5. The Kier molecular flexibility index (Phi) is 9.17. The van der Waals surface area contributed by atoms with Gasteiger partial charge in [-0.2, -0.15) is 26.3 Å². The number of hydrogen-bond acceptors (Lipinski definition) is 4. The van der Waals surface area contributed by atoms with Gasteiger partial charge in [0.2, 0.25) is 5.91 Å². The quantitative estimate of drug-likeness (QED) is 0.433. The number of halogens is 6. The average Bonchev–Trinajstić information content (AvgIpc) is 2.78. The van der Waals surface area contributed by atoms with Gasteiger partial charge in [-0.25, -0.2) is 5.01 Å². The summed E-state index contributed by atoms with van der Waals surface area (Å²) in [5.74, 6) is 1.42. The second kappa shape index (κ2) is 11.3. The Labute approximate surface area is 197 Å². The predicted octanol–water partition coefficient (Wildman–Crippen LogP) is 4.43. The van der Waals surface area contributed by atoms with Crippen LogP contribution in [0.1, 0.15) is 57.8 Å². The first kappa shape index (κ1) is 27.5. The van der Waals surface area contributed by atoms with E-state index in [4.69, 9.17) is 5.84 Å². The number of alkyl halides is 6. The molecule has 0 aromatic rings. The lowest BCUT2D eigenvalue weighted by Gasteiger charge is -2.43. The molecule has 0 bridgehead atoms. The fourth-order valence-corrected chi connectivity index (χ4v) is 6.04. The molecule has 2 aliphatic carbocycles. The number of hydrazine groups is 1. The van der Waals surface area contributed by atoms with E-state index < -0.39 is 36.5 Å². The number of hydrogen-bond donors (Lipinski definition) is 1. The van der Waals surface area contributed by atoms with Crippen molar-refractivity contribution in [2.45, 2.75) is 76.2 Å². The molecular weight excluding hydrogens is 462 g/mol. The lowest BCUT2D eigenvalue weighted by atomic mass is 9.73. The van der Waals surface area contributed by atoms with E-state index in [1.807, 2.05) is 0 Å². The Balaban J connectivity index is 1.64. The third kappa shape index (κ3) is 7.22. The summed E-state index contributed by atoms with van der Waals surface area (Å²) in [5, 5.41) is 1.72. The molecule has 3 atom stereocenters. The van der Waals surface area contributed by atoms with Gasteiger partial charge < -0.3 is 4.90 Å². The highest BCUT2D eigenvalue weighted by Gasteiger charge is 2.51. The summed E-state index contributed by atoms with van der Waals surface area (Å²) < 4.78 is 79.8. The largest absolute Gasteiger partial charge is 0.391 e. The Morgan fingerprint density at radius 2 is 1.44 bits per heavy atom. The minimum atomic E-state index is -4.64. The number of nitrogens with zero attached hydrogens (tertiary/aromatic N) is 3. The van der Waals surface area contributed by atoms with Crippen LogP contribution in [0.5, 0.6) is 0 Å². The van der Waals surface area contributed by atoms with Gasteiger partial charge >= 0.3 is 12.4 Å². The Hall–Kier alpha value is -1.07. The van der Waals surface area contributed by atoms with Gasteiger partial charge in [-0.05, 0) is 50.4 Å². The van der Waals surface area contributed by atoms with Crippen LogP contribution in [0.3, 0.4) is 0 Å². The molecule has 5 nitrogen and oxygen atoms in total. The van der Waals surface area contributed by atoms with E-state index in [2.05, 4.69) is 4.90 Å². The van der Waals surface area contributed by atoms with Crippen molar-refractivity contribution < 1.29 is 31.1 Å². The van der Waals surface area contributed by atoms with Crippen LogP contribution in [0, 0.1) is 23.7 Å². The van der Waals surface area contributed by atoms with E-state index in [1.54, 1.807) is 12.1 Å². The van der Waals surface area contributed by atoms with Gasteiger partial charge in [0.1, 0.15) is 0 Å². The fraction of sp³-hybridized carbons (Fsp3) is 0.957. The molecule has 0 spiro atoms. The molecule has 3 aliphatic rings. The number of likely N-dealkylation sites (N-methyl/N-ethyl adjacent to an activating group) is 1. The summed E-state index contributed by atoms with van der Waals surface area (Å²) in [5.41, 5.74) is 0. The first-order valence-electron chi connectivity index (χ1n) is 12.5. The van der Waals surface area contributed by atoms with E-state index in [0.717, 1.165) is 32.1 Å². The zero-order chi connectivity index (χ0) is 25.1. The maximum atomic E-state index is 13.5. The highest BCUT2D eigenvalue weighted by Crippen LogP contribution is 2.48. The number of carbonyl (C=O) groups is 1. The Bertz CT molecular complexity index is 637. The highest BCUT2D eigenvalue weighted by atomic mass is 19.4. The van der Waals surface area contributed by atoms with Crippen LogP contribution in [0.15, 0.2) is 0 Å². The molecule has 1 amide bonds. The first-order chi connectivity index (χ1) is 15.9. The monoisotopic (exact) mass is 500 g/mol. The minimum Gasteiger partial charge on any atom is -0.344 e. The third-order valence-corrected chi connectivity index (χ3v) is 8.07. The van der Waals surface area contributed by atoms with E-state index in [1.165, 1.54) is 4.90 Å². The normalized spacial score (nSPS) is 29.7. The van der Waals surface area contributed by atoms with Crippen LogP contribution in [-0.4, -0.2) is 78.9 Å². The Morgan fingerprint density at radius 3 is 1.94 bits per heavy atom. The summed E-state index contributed by atoms with van der Waals surface area (Å²) in [6, 6.07) is -0.309. The molecule has 1 aliphatic heterocycles. The van der Waals surface area contributed by atoms with Crippen molar-refractivity contribution >= 4 is 5.91 Å². The van der Waals surface area contributed by atoms with Crippen LogP contribution in [0.4, 0.5) is 26.3 Å². The van der Waals surface area contributed by atoms with Gasteiger partial charge in [-0.15, -0.1) is 0 Å². The zero-order valence-electron chi connectivity index (χ0n) is 19.9. The predicted molar refractivity (Wildman–Crippen MR) is 116 cm³/mol. The van der Waals surface area contributed by atoms with Crippen molar-refractivity contribution in [2.75, 3.05) is 39.8 Å². The highest BCUT2D eigenvalue weighted by molar-refractivity contribution is 5.82. The second-order valence-electron chi connectivity index (χ2n) is 10.5. The van der Waals surface area contributed by atoms with Crippen molar-refractivity contribution in [1.82, 2.24) is 14.8 Å². The van der Waals surface area contributed by atoms with E-state index >= 15 is 0 Å². The molecule has 3 rings (SSSR count). The van der Waals surface area contributed by atoms with Crippen molar-refractivity contribution in [1.29, 1.82) is 0 Å². The van der Waals surface area contributed by atoms with Crippen LogP contribution < -0.4 is 5.84 Å². The van der Waals surface area contributed by atoms with Crippen LogP contribution in [-0.2, 0) is 4.79 Å². The summed E-state index contributed by atoms with van der Waals surface area (Å²) in [6.07, 6.45) is -5.44. The maximum absolute atomic E-state index is 13.5. The summed E-state index contributed by atoms with van der Waals surface area (Å²) in [6.45, 7) is 2.80. The molecule has 1 saturated heterocycles. The van der Waals surface area contributed by atoms with Gasteiger partial charge in [0.25, 0.3) is 0 Å². The molecule has 1 heterocycles. The van der Waals surface area contributed by atoms with Gasteiger partial charge in [0, 0.05) is 39.8 Å². The smallest absolute Gasteiger partial charge is 0.344 e. The molecule has 2 N–H and O–H groups in total. The summed E-state index contributed by atoms with van der Waals surface area (Å²) in [4.78, 5) is 17.2. The Morgan fingerprint density at radius 1 is 0.912 bits per heavy atom. The lowest BCUT2D eigenvalue weighted by molar-refractivity contribution is -0.229. The van der Waals surface area contributed by atoms with E-state index in [9.17, 15) is 31.1 Å². The molecule has 34 heavy (non-hydrogen) atoms. The standard InChI is InChI=1S/C23H38F6N4O/c1-31(8-7-16-13-18(22(24,25)26)15-19(14-16)23(27,28)29)21(34)20(17-5-3-2-4-6-17)32-9-11-33(30)12-10-32/h16-20H,2-15,30H2,1H3. The third-order valence-electron chi connectivity index (χ3n) is 8.07. The molecule has 0 radical (unpaired) electrons. The van der Waals surface area contributed by atoms with Gasteiger partial charge in [0.05, 0.1) is 17.9 Å². The summed E-state index contributed by atoms with van der Waals surface area (Å²) in [7, 11) is 1.63.